The van der Waals surface area contributed by atoms with Crippen LogP contribution in [-0.2, 0) is 6.54 Å². The molecule has 0 N–H and O–H groups in total. The molecule has 1 aromatic carbocycles. The standard InChI is InChI=1S/C15H23N.HI/c1-3-14-5-4-10-16(11-14)12-15-8-6-13(2)7-9-15;/h6-9,14H,3-5,10-12H2,1-2H3;1H. The van der Waals surface area contributed by atoms with Crippen LogP contribution in [0.25, 0.3) is 0 Å². The van der Waals surface area contributed by atoms with Crippen molar-refractivity contribution in [3.05, 3.63) is 35.4 Å². The van der Waals surface area contributed by atoms with Crippen LogP contribution in [0.15, 0.2) is 24.3 Å². The number of halogens is 1. The van der Waals surface area contributed by atoms with Crippen molar-refractivity contribution in [3.63, 3.8) is 0 Å². The molecule has 0 amide bonds. The Morgan fingerprint density at radius 2 is 1.94 bits per heavy atom. The Bertz CT molecular complexity index is 320. The van der Waals surface area contributed by atoms with E-state index in [-0.39, 0.29) is 24.0 Å². The van der Waals surface area contributed by atoms with Crippen molar-refractivity contribution < 1.29 is 0 Å². The van der Waals surface area contributed by atoms with Crippen LogP contribution in [0.3, 0.4) is 0 Å². The van der Waals surface area contributed by atoms with Gasteiger partial charge in [-0.3, -0.25) is 4.90 Å². The van der Waals surface area contributed by atoms with E-state index in [4.69, 9.17) is 0 Å². The largest absolute Gasteiger partial charge is 0.299 e. The molecule has 2 rings (SSSR count). The fraction of sp³-hybridized carbons (Fsp3) is 0.600. The molecule has 1 fully saturated rings. The van der Waals surface area contributed by atoms with E-state index in [0.29, 0.717) is 0 Å². The zero-order chi connectivity index (χ0) is 11.4. The molecule has 96 valence electrons. The fourth-order valence-electron chi connectivity index (χ4n) is 2.58. The van der Waals surface area contributed by atoms with Gasteiger partial charge in [-0.1, -0.05) is 43.2 Å². The van der Waals surface area contributed by atoms with Crippen molar-refractivity contribution in [2.45, 2.75) is 39.7 Å². The van der Waals surface area contributed by atoms with Gasteiger partial charge in [-0.15, -0.1) is 24.0 Å². The van der Waals surface area contributed by atoms with Crippen molar-refractivity contribution in [1.82, 2.24) is 4.90 Å². The van der Waals surface area contributed by atoms with Crippen LogP contribution in [-0.4, -0.2) is 18.0 Å². The Balaban J connectivity index is 0.00000144. The second-order valence-electron chi connectivity index (χ2n) is 5.14. The van der Waals surface area contributed by atoms with Crippen LogP contribution in [0.4, 0.5) is 0 Å². The monoisotopic (exact) mass is 345 g/mol. The predicted molar refractivity (Wildman–Crippen MR) is 84.9 cm³/mol. The van der Waals surface area contributed by atoms with Crippen molar-refractivity contribution >= 4 is 24.0 Å². The average molecular weight is 345 g/mol. The van der Waals surface area contributed by atoms with Gasteiger partial charge < -0.3 is 0 Å². The number of piperidine rings is 1. The molecule has 1 nitrogen and oxygen atoms in total. The van der Waals surface area contributed by atoms with Crippen LogP contribution < -0.4 is 0 Å². The second kappa shape index (κ2) is 7.37. The number of rotatable bonds is 3. The Hall–Kier alpha value is -0.0900. The van der Waals surface area contributed by atoms with E-state index in [0.717, 1.165) is 12.5 Å². The molecule has 2 heteroatoms. The van der Waals surface area contributed by atoms with Gasteiger partial charge in [0.1, 0.15) is 0 Å². The Morgan fingerprint density at radius 3 is 2.59 bits per heavy atom. The van der Waals surface area contributed by atoms with Crippen molar-refractivity contribution in [1.29, 1.82) is 0 Å². The van der Waals surface area contributed by atoms with Gasteiger partial charge in [0.25, 0.3) is 0 Å². The normalized spacial score (nSPS) is 20.9. The molecule has 1 aliphatic heterocycles. The van der Waals surface area contributed by atoms with E-state index >= 15 is 0 Å². The lowest BCUT2D eigenvalue weighted by atomic mass is 9.95. The third-order valence-electron chi connectivity index (χ3n) is 3.71. The summed E-state index contributed by atoms with van der Waals surface area (Å²) in [5.74, 6) is 0.930. The summed E-state index contributed by atoms with van der Waals surface area (Å²) in [6.07, 6.45) is 4.15. The Labute approximate surface area is 123 Å². The summed E-state index contributed by atoms with van der Waals surface area (Å²) in [6, 6.07) is 8.98. The first-order valence-electron chi connectivity index (χ1n) is 6.56. The lowest BCUT2D eigenvalue weighted by molar-refractivity contribution is 0.165. The van der Waals surface area contributed by atoms with Crippen molar-refractivity contribution in [2.75, 3.05) is 13.1 Å². The zero-order valence-corrected chi connectivity index (χ0v) is 13.3. The molecule has 0 spiro atoms. The molecule has 0 aromatic heterocycles. The first kappa shape index (κ1) is 15.0. The summed E-state index contributed by atoms with van der Waals surface area (Å²) in [5.41, 5.74) is 2.82. The van der Waals surface area contributed by atoms with Gasteiger partial charge in [0.2, 0.25) is 0 Å². The molecular formula is C15H24IN. The van der Waals surface area contributed by atoms with E-state index < -0.39 is 0 Å². The smallest absolute Gasteiger partial charge is 0.0233 e. The molecule has 1 aromatic rings. The van der Waals surface area contributed by atoms with Gasteiger partial charge in [-0.25, -0.2) is 0 Å². The van der Waals surface area contributed by atoms with Gasteiger partial charge in [-0.05, 0) is 37.8 Å². The summed E-state index contributed by atoms with van der Waals surface area (Å²) >= 11 is 0. The van der Waals surface area contributed by atoms with E-state index in [2.05, 4.69) is 43.0 Å². The summed E-state index contributed by atoms with van der Waals surface area (Å²) in [6.45, 7) is 8.18. The van der Waals surface area contributed by atoms with Crippen molar-refractivity contribution in [2.24, 2.45) is 5.92 Å². The van der Waals surface area contributed by atoms with Gasteiger partial charge in [0, 0.05) is 13.1 Å². The van der Waals surface area contributed by atoms with Gasteiger partial charge in [0.15, 0.2) is 0 Å². The van der Waals surface area contributed by atoms with E-state index in [1.807, 2.05) is 0 Å². The van der Waals surface area contributed by atoms with E-state index in [1.54, 1.807) is 0 Å². The fourth-order valence-corrected chi connectivity index (χ4v) is 2.58. The highest BCUT2D eigenvalue weighted by Gasteiger charge is 2.18. The number of benzene rings is 1. The first-order valence-corrected chi connectivity index (χ1v) is 6.56. The molecule has 0 aliphatic carbocycles. The molecule has 0 saturated carbocycles. The summed E-state index contributed by atoms with van der Waals surface area (Å²) in [7, 11) is 0. The maximum Gasteiger partial charge on any atom is 0.0233 e. The molecule has 1 aliphatic rings. The van der Waals surface area contributed by atoms with Crippen LogP contribution >= 0.6 is 24.0 Å². The molecule has 1 unspecified atom stereocenters. The van der Waals surface area contributed by atoms with Crippen LogP contribution in [0.5, 0.6) is 0 Å². The number of aryl methyl sites for hydroxylation is 1. The molecule has 1 saturated heterocycles. The molecule has 1 heterocycles. The summed E-state index contributed by atoms with van der Waals surface area (Å²) < 4.78 is 0. The van der Waals surface area contributed by atoms with Crippen LogP contribution in [0.1, 0.15) is 37.3 Å². The highest BCUT2D eigenvalue weighted by molar-refractivity contribution is 14.0. The van der Waals surface area contributed by atoms with Crippen LogP contribution in [0.2, 0.25) is 0 Å². The number of likely N-dealkylation sites (tertiary alicyclic amines) is 1. The minimum absolute atomic E-state index is 0. The minimum Gasteiger partial charge on any atom is -0.299 e. The van der Waals surface area contributed by atoms with Gasteiger partial charge in [0.05, 0.1) is 0 Å². The number of hydrogen-bond acceptors (Lipinski definition) is 1. The third kappa shape index (κ3) is 4.59. The quantitative estimate of drug-likeness (QED) is 0.741. The summed E-state index contributed by atoms with van der Waals surface area (Å²) in [5, 5.41) is 0. The zero-order valence-electron chi connectivity index (χ0n) is 11.0. The molecule has 0 bridgehead atoms. The van der Waals surface area contributed by atoms with Crippen LogP contribution in [0, 0.1) is 12.8 Å². The lowest BCUT2D eigenvalue weighted by Gasteiger charge is -2.32. The highest BCUT2D eigenvalue weighted by atomic mass is 127. The second-order valence-corrected chi connectivity index (χ2v) is 5.14. The topological polar surface area (TPSA) is 3.24 Å². The maximum absolute atomic E-state index is 2.61. The maximum atomic E-state index is 2.61. The lowest BCUT2D eigenvalue weighted by Crippen LogP contribution is -2.34. The number of nitrogens with zero attached hydrogens (tertiary/aromatic N) is 1. The SMILES string of the molecule is CCC1CCCN(Cc2ccc(C)cc2)C1.I. The average Bonchev–Trinajstić information content (AvgIpc) is 2.32. The van der Waals surface area contributed by atoms with Crippen molar-refractivity contribution in [3.8, 4) is 0 Å². The van der Waals surface area contributed by atoms with Gasteiger partial charge in [-0.2, -0.15) is 0 Å². The molecule has 17 heavy (non-hydrogen) atoms. The Kier molecular flexibility index (Phi) is 6.49. The minimum atomic E-state index is 0. The molecule has 1 atom stereocenters. The highest BCUT2D eigenvalue weighted by Crippen LogP contribution is 2.20. The number of hydrogen-bond donors (Lipinski definition) is 0. The third-order valence-corrected chi connectivity index (χ3v) is 3.71. The molecular weight excluding hydrogens is 321 g/mol. The molecule has 0 radical (unpaired) electrons. The van der Waals surface area contributed by atoms with Gasteiger partial charge >= 0.3 is 0 Å². The predicted octanol–water partition coefficient (Wildman–Crippen LogP) is 4.24. The first-order chi connectivity index (χ1) is 7.78. The summed E-state index contributed by atoms with van der Waals surface area (Å²) in [4.78, 5) is 2.61. The van der Waals surface area contributed by atoms with E-state index in [9.17, 15) is 0 Å². The van der Waals surface area contributed by atoms with E-state index in [1.165, 1.54) is 43.5 Å². The Morgan fingerprint density at radius 1 is 1.24 bits per heavy atom.